The Morgan fingerprint density at radius 3 is 1.33 bits per heavy atom. The summed E-state index contributed by atoms with van der Waals surface area (Å²) in [5.74, 6) is -1.67. The Morgan fingerprint density at radius 2 is 1.00 bits per heavy atom. The van der Waals surface area contributed by atoms with Crippen molar-refractivity contribution < 1.29 is 38.1 Å². The number of hydrogen-bond donors (Lipinski definition) is 0. The van der Waals surface area contributed by atoms with Gasteiger partial charge in [-0.3, -0.25) is 19.2 Å². The molecule has 0 saturated heterocycles. The van der Waals surface area contributed by atoms with Gasteiger partial charge in [0, 0.05) is 12.1 Å². The van der Waals surface area contributed by atoms with Gasteiger partial charge < -0.3 is 18.9 Å². The Labute approximate surface area is 174 Å². The lowest BCUT2D eigenvalue weighted by Gasteiger charge is -2.22. The predicted molar refractivity (Wildman–Crippen MR) is 104 cm³/mol. The highest BCUT2D eigenvalue weighted by atomic mass is 16.6. The molecule has 2 aliphatic carbocycles. The number of esters is 2. The van der Waals surface area contributed by atoms with E-state index in [0.29, 0.717) is 0 Å². The first-order chi connectivity index (χ1) is 14.6. The van der Waals surface area contributed by atoms with Crippen molar-refractivity contribution in [3.63, 3.8) is 0 Å². The van der Waals surface area contributed by atoms with Crippen LogP contribution in [-0.2, 0) is 19.2 Å². The molecule has 0 bridgehead atoms. The first-order valence-corrected chi connectivity index (χ1v) is 10.4. The van der Waals surface area contributed by atoms with Gasteiger partial charge >= 0.3 is 11.9 Å². The molecule has 0 atom stereocenters. The summed E-state index contributed by atoms with van der Waals surface area (Å²) >= 11 is 0. The highest BCUT2D eigenvalue weighted by Crippen LogP contribution is 2.41. The second-order valence-corrected chi connectivity index (χ2v) is 7.69. The molecular formula is C22H26O8. The standard InChI is InChI=1S/C22H26O8/c23-13-27-17-11-19(29-21(25)15-7-3-1-4-8-15)20(12-18(17)28-14-24)30-22(26)16-9-5-2-6-10-16/h11-16H,1-10H2. The van der Waals surface area contributed by atoms with Gasteiger partial charge in [-0.25, -0.2) is 0 Å². The van der Waals surface area contributed by atoms with Crippen LogP contribution < -0.4 is 18.9 Å². The molecule has 2 saturated carbocycles. The van der Waals surface area contributed by atoms with E-state index in [2.05, 4.69) is 0 Å². The van der Waals surface area contributed by atoms with Crippen molar-refractivity contribution in [3.8, 4) is 23.0 Å². The summed E-state index contributed by atoms with van der Waals surface area (Å²) in [6.45, 7) is 0.320. The number of ether oxygens (including phenoxy) is 4. The molecule has 0 N–H and O–H groups in total. The molecule has 30 heavy (non-hydrogen) atoms. The summed E-state index contributed by atoms with van der Waals surface area (Å²) in [5, 5.41) is 0. The fraction of sp³-hybridized carbons (Fsp3) is 0.545. The molecule has 0 heterocycles. The molecule has 8 nitrogen and oxygen atoms in total. The number of hydrogen-bond acceptors (Lipinski definition) is 8. The van der Waals surface area contributed by atoms with Crippen molar-refractivity contribution in [2.45, 2.75) is 64.2 Å². The van der Waals surface area contributed by atoms with Gasteiger partial charge in [0.1, 0.15) is 0 Å². The average Bonchev–Trinajstić information content (AvgIpc) is 2.78. The zero-order chi connectivity index (χ0) is 21.3. The lowest BCUT2D eigenvalue weighted by Crippen LogP contribution is -2.25. The van der Waals surface area contributed by atoms with Crippen molar-refractivity contribution in [2.24, 2.45) is 11.8 Å². The molecule has 162 valence electrons. The topological polar surface area (TPSA) is 105 Å². The Bertz CT molecular complexity index is 711. The van der Waals surface area contributed by atoms with Gasteiger partial charge in [-0.2, -0.15) is 0 Å². The monoisotopic (exact) mass is 418 g/mol. The predicted octanol–water partition coefficient (Wildman–Crippen LogP) is 3.73. The number of benzene rings is 1. The van der Waals surface area contributed by atoms with E-state index >= 15 is 0 Å². The van der Waals surface area contributed by atoms with Crippen molar-refractivity contribution >= 4 is 24.9 Å². The fourth-order valence-corrected chi connectivity index (χ4v) is 4.03. The summed E-state index contributed by atoms with van der Waals surface area (Å²) in [7, 11) is 0. The Hall–Kier alpha value is -2.90. The normalized spacial score (nSPS) is 17.6. The van der Waals surface area contributed by atoms with E-state index in [-0.39, 0.29) is 47.8 Å². The zero-order valence-electron chi connectivity index (χ0n) is 16.8. The van der Waals surface area contributed by atoms with E-state index in [0.717, 1.165) is 64.2 Å². The minimum Gasteiger partial charge on any atom is -0.425 e. The number of rotatable bonds is 8. The Balaban J connectivity index is 1.86. The number of carbonyl (C=O) groups is 4. The van der Waals surface area contributed by atoms with E-state index in [1.165, 1.54) is 12.1 Å². The van der Waals surface area contributed by atoms with Crippen LogP contribution in [0.1, 0.15) is 64.2 Å². The molecule has 0 aliphatic heterocycles. The lowest BCUT2D eigenvalue weighted by molar-refractivity contribution is -0.142. The van der Waals surface area contributed by atoms with Crippen LogP contribution in [0.5, 0.6) is 23.0 Å². The van der Waals surface area contributed by atoms with Crippen LogP contribution in [0.15, 0.2) is 12.1 Å². The molecule has 1 aromatic rings. The Kier molecular flexibility index (Phi) is 7.82. The van der Waals surface area contributed by atoms with Crippen molar-refractivity contribution in [3.05, 3.63) is 12.1 Å². The van der Waals surface area contributed by atoms with Gasteiger partial charge in [0.25, 0.3) is 12.9 Å². The minimum absolute atomic E-state index is 0.0511. The van der Waals surface area contributed by atoms with Crippen LogP contribution in [0, 0.1) is 11.8 Å². The third-order valence-electron chi connectivity index (χ3n) is 5.66. The molecule has 0 unspecified atom stereocenters. The van der Waals surface area contributed by atoms with Crippen LogP contribution >= 0.6 is 0 Å². The third kappa shape index (κ3) is 5.58. The second kappa shape index (κ2) is 10.8. The SMILES string of the molecule is O=COc1cc(OC(=O)C2CCCCC2)c(OC(=O)C2CCCCC2)cc1OC=O. The number of carbonyl (C=O) groups excluding carboxylic acids is 4. The maximum absolute atomic E-state index is 12.6. The van der Waals surface area contributed by atoms with E-state index in [1.807, 2.05) is 0 Å². The van der Waals surface area contributed by atoms with Gasteiger partial charge in [-0.15, -0.1) is 0 Å². The first kappa shape index (κ1) is 21.8. The van der Waals surface area contributed by atoms with E-state index in [9.17, 15) is 19.2 Å². The van der Waals surface area contributed by atoms with Crippen molar-refractivity contribution in [1.82, 2.24) is 0 Å². The van der Waals surface area contributed by atoms with E-state index in [1.54, 1.807) is 0 Å². The smallest absolute Gasteiger partial charge is 0.314 e. The largest absolute Gasteiger partial charge is 0.425 e. The molecule has 0 aromatic heterocycles. The molecule has 3 rings (SSSR count). The molecule has 0 spiro atoms. The summed E-state index contributed by atoms with van der Waals surface area (Å²) in [4.78, 5) is 46.9. The summed E-state index contributed by atoms with van der Waals surface area (Å²) in [6.07, 6.45) is 8.93. The van der Waals surface area contributed by atoms with Gasteiger partial charge in [-0.1, -0.05) is 38.5 Å². The minimum atomic E-state index is -0.425. The molecular weight excluding hydrogens is 392 g/mol. The van der Waals surface area contributed by atoms with Crippen LogP contribution in [0.2, 0.25) is 0 Å². The average molecular weight is 418 g/mol. The molecule has 8 heteroatoms. The summed E-state index contributed by atoms with van der Waals surface area (Å²) < 4.78 is 20.7. The van der Waals surface area contributed by atoms with Crippen molar-refractivity contribution in [2.75, 3.05) is 0 Å². The molecule has 2 aliphatic rings. The van der Waals surface area contributed by atoms with E-state index < -0.39 is 11.9 Å². The van der Waals surface area contributed by atoms with Crippen molar-refractivity contribution in [1.29, 1.82) is 0 Å². The first-order valence-electron chi connectivity index (χ1n) is 10.4. The lowest BCUT2D eigenvalue weighted by atomic mass is 9.89. The Morgan fingerprint density at radius 1 is 0.633 bits per heavy atom. The van der Waals surface area contributed by atoms with Gasteiger partial charge in [0.05, 0.1) is 11.8 Å². The zero-order valence-corrected chi connectivity index (χ0v) is 16.8. The molecule has 0 amide bonds. The maximum atomic E-state index is 12.6. The molecule has 2 fully saturated rings. The summed E-state index contributed by atoms with van der Waals surface area (Å²) in [6, 6.07) is 2.44. The van der Waals surface area contributed by atoms with E-state index in [4.69, 9.17) is 18.9 Å². The van der Waals surface area contributed by atoms with Crippen LogP contribution in [0.25, 0.3) is 0 Å². The van der Waals surface area contributed by atoms with Crippen LogP contribution in [-0.4, -0.2) is 24.9 Å². The molecule has 0 radical (unpaired) electrons. The maximum Gasteiger partial charge on any atom is 0.314 e. The highest BCUT2D eigenvalue weighted by Gasteiger charge is 2.28. The highest BCUT2D eigenvalue weighted by molar-refractivity contribution is 5.80. The second-order valence-electron chi connectivity index (χ2n) is 7.69. The van der Waals surface area contributed by atoms with Gasteiger partial charge in [0.15, 0.2) is 23.0 Å². The quantitative estimate of drug-likeness (QED) is 0.357. The fourth-order valence-electron chi connectivity index (χ4n) is 4.03. The van der Waals surface area contributed by atoms with Crippen LogP contribution in [0.4, 0.5) is 0 Å². The summed E-state index contributed by atoms with van der Waals surface area (Å²) in [5.41, 5.74) is 0. The molecule has 1 aromatic carbocycles. The van der Waals surface area contributed by atoms with Crippen LogP contribution in [0.3, 0.4) is 0 Å². The third-order valence-corrected chi connectivity index (χ3v) is 5.66. The van der Waals surface area contributed by atoms with Gasteiger partial charge in [0.2, 0.25) is 0 Å². The van der Waals surface area contributed by atoms with Gasteiger partial charge in [-0.05, 0) is 25.7 Å².